The first-order valence-electron chi connectivity index (χ1n) is 5.01. The first-order valence-corrected chi connectivity index (χ1v) is 5.01. The Bertz CT molecular complexity index is 464. The van der Waals surface area contributed by atoms with E-state index in [1.54, 1.807) is 0 Å². The summed E-state index contributed by atoms with van der Waals surface area (Å²) in [6.07, 6.45) is 0. The van der Waals surface area contributed by atoms with Gasteiger partial charge in [0.05, 0.1) is 22.9 Å². The van der Waals surface area contributed by atoms with Crippen LogP contribution in [0.2, 0.25) is 0 Å². The fraction of sp³-hybridized carbons (Fsp3) is 0.556. The van der Waals surface area contributed by atoms with E-state index in [1.807, 2.05) is 13.8 Å². The summed E-state index contributed by atoms with van der Waals surface area (Å²) in [5.41, 5.74) is 1.35. The standard InChI is InChI=1S/C9H12N4O3/c1-5(2)8-6-3-10-7(14)4-12(6)11-9(8)13(15)16/h5H,3-4H2,1-2H3,(H,10,14). The predicted octanol–water partition coefficient (Wildman–Crippen LogP) is 0.544. The van der Waals surface area contributed by atoms with Crippen molar-refractivity contribution in [3.8, 4) is 0 Å². The maximum atomic E-state index is 11.1. The number of fused-ring (bicyclic) bond motifs is 1. The number of hydrogen-bond acceptors (Lipinski definition) is 4. The van der Waals surface area contributed by atoms with Crippen molar-refractivity contribution in [1.82, 2.24) is 15.1 Å². The molecular weight excluding hydrogens is 212 g/mol. The second-order valence-corrected chi connectivity index (χ2v) is 4.03. The summed E-state index contributed by atoms with van der Waals surface area (Å²) in [4.78, 5) is 21.5. The van der Waals surface area contributed by atoms with Crippen LogP contribution >= 0.6 is 0 Å². The van der Waals surface area contributed by atoms with E-state index in [0.717, 1.165) is 5.69 Å². The summed E-state index contributed by atoms with van der Waals surface area (Å²) in [5, 5.41) is 17.4. The molecule has 1 aliphatic heterocycles. The molecule has 0 aliphatic carbocycles. The highest BCUT2D eigenvalue weighted by atomic mass is 16.6. The lowest BCUT2D eigenvalue weighted by Crippen LogP contribution is -2.34. The molecule has 0 fully saturated rings. The summed E-state index contributed by atoms with van der Waals surface area (Å²) in [6, 6.07) is 0. The molecule has 1 aromatic heterocycles. The molecule has 0 aromatic carbocycles. The quantitative estimate of drug-likeness (QED) is 0.586. The number of hydrogen-bond donors (Lipinski definition) is 1. The summed E-state index contributed by atoms with van der Waals surface area (Å²) >= 11 is 0. The van der Waals surface area contributed by atoms with Crippen LogP contribution in [0.5, 0.6) is 0 Å². The molecular formula is C9H12N4O3. The van der Waals surface area contributed by atoms with E-state index in [4.69, 9.17) is 0 Å². The predicted molar refractivity (Wildman–Crippen MR) is 54.8 cm³/mol. The Kier molecular flexibility index (Phi) is 2.37. The minimum absolute atomic E-state index is 0.0131. The molecule has 1 amide bonds. The second kappa shape index (κ2) is 3.58. The lowest BCUT2D eigenvalue weighted by molar-refractivity contribution is -0.390. The normalized spacial score (nSPS) is 14.8. The Morgan fingerprint density at radius 1 is 1.56 bits per heavy atom. The van der Waals surface area contributed by atoms with Crippen molar-refractivity contribution in [2.24, 2.45) is 0 Å². The van der Waals surface area contributed by atoms with Crippen LogP contribution in [0.3, 0.4) is 0 Å². The second-order valence-electron chi connectivity index (χ2n) is 4.03. The molecule has 1 aromatic rings. The molecule has 0 radical (unpaired) electrons. The summed E-state index contributed by atoms with van der Waals surface area (Å²) < 4.78 is 1.42. The number of carbonyl (C=O) groups excluding carboxylic acids is 1. The van der Waals surface area contributed by atoms with E-state index in [0.29, 0.717) is 12.1 Å². The fourth-order valence-corrected chi connectivity index (χ4v) is 1.91. The maximum Gasteiger partial charge on any atom is 0.393 e. The molecule has 0 atom stereocenters. The number of nitro groups is 1. The maximum absolute atomic E-state index is 11.1. The van der Waals surface area contributed by atoms with Crippen LogP contribution in [-0.4, -0.2) is 20.6 Å². The Balaban J connectivity index is 2.56. The fourth-order valence-electron chi connectivity index (χ4n) is 1.91. The number of carbonyl (C=O) groups is 1. The third-order valence-corrected chi connectivity index (χ3v) is 2.58. The molecule has 1 N–H and O–H groups in total. The topological polar surface area (TPSA) is 90.1 Å². The zero-order valence-corrected chi connectivity index (χ0v) is 9.06. The van der Waals surface area contributed by atoms with Gasteiger partial charge in [-0.3, -0.25) is 4.79 Å². The minimum Gasteiger partial charge on any atom is -0.358 e. The Hall–Kier alpha value is -1.92. The molecule has 0 saturated carbocycles. The van der Waals surface area contributed by atoms with E-state index in [1.165, 1.54) is 4.68 Å². The third kappa shape index (κ3) is 1.54. The number of nitrogens with one attached hydrogen (secondary N) is 1. The van der Waals surface area contributed by atoms with Crippen molar-refractivity contribution in [3.63, 3.8) is 0 Å². The number of rotatable bonds is 2. The van der Waals surface area contributed by atoms with Gasteiger partial charge in [-0.1, -0.05) is 13.8 Å². The SMILES string of the molecule is CC(C)c1c([N+](=O)[O-])nn2c1CNC(=O)C2. The van der Waals surface area contributed by atoms with Crippen molar-refractivity contribution >= 4 is 11.7 Å². The van der Waals surface area contributed by atoms with Crippen LogP contribution in [0.1, 0.15) is 31.0 Å². The van der Waals surface area contributed by atoms with E-state index in [2.05, 4.69) is 10.4 Å². The van der Waals surface area contributed by atoms with Gasteiger partial charge >= 0.3 is 5.82 Å². The van der Waals surface area contributed by atoms with Crippen LogP contribution in [0, 0.1) is 10.1 Å². The number of nitrogens with zero attached hydrogens (tertiary/aromatic N) is 3. The van der Waals surface area contributed by atoms with E-state index < -0.39 is 4.92 Å². The molecule has 1 aliphatic rings. The van der Waals surface area contributed by atoms with Crippen molar-refractivity contribution in [2.45, 2.75) is 32.9 Å². The molecule has 86 valence electrons. The first-order chi connectivity index (χ1) is 7.50. The summed E-state index contributed by atoms with van der Waals surface area (Å²) in [6.45, 7) is 4.12. The van der Waals surface area contributed by atoms with Gasteiger partial charge in [0.15, 0.2) is 0 Å². The van der Waals surface area contributed by atoms with Gasteiger partial charge < -0.3 is 15.4 Å². The van der Waals surface area contributed by atoms with Gasteiger partial charge in [0.25, 0.3) is 0 Å². The van der Waals surface area contributed by atoms with Gasteiger partial charge in [-0.15, -0.1) is 0 Å². The van der Waals surface area contributed by atoms with E-state index >= 15 is 0 Å². The first kappa shape index (κ1) is 10.6. The zero-order valence-electron chi connectivity index (χ0n) is 9.06. The lowest BCUT2D eigenvalue weighted by Gasteiger charge is -2.13. The van der Waals surface area contributed by atoms with Crippen LogP contribution in [0.25, 0.3) is 0 Å². The largest absolute Gasteiger partial charge is 0.393 e. The van der Waals surface area contributed by atoms with Gasteiger partial charge in [0, 0.05) is 0 Å². The van der Waals surface area contributed by atoms with E-state index in [-0.39, 0.29) is 24.2 Å². The summed E-state index contributed by atoms with van der Waals surface area (Å²) in [5.74, 6) is -0.291. The molecule has 2 rings (SSSR count). The average Bonchev–Trinajstić information content (AvgIpc) is 2.55. The van der Waals surface area contributed by atoms with Gasteiger partial charge in [-0.05, 0) is 10.8 Å². The monoisotopic (exact) mass is 224 g/mol. The van der Waals surface area contributed by atoms with Gasteiger partial charge in [0.1, 0.15) is 6.54 Å². The highest BCUT2D eigenvalue weighted by Gasteiger charge is 2.32. The highest BCUT2D eigenvalue weighted by Crippen LogP contribution is 2.30. The lowest BCUT2D eigenvalue weighted by atomic mass is 10.0. The molecule has 7 nitrogen and oxygen atoms in total. The molecule has 0 unspecified atom stereocenters. The number of amides is 1. The molecule has 0 bridgehead atoms. The van der Waals surface area contributed by atoms with Crippen molar-refractivity contribution in [2.75, 3.05) is 0 Å². The smallest absolute Gasteiger partial charge is 0.358 e. The number of aromatic nitrogens is 2. The molecule has 7 heteroatoms. The van der Waals surface area contributed by atoms with Crippen LogP contribution in [-0.2, 0) is 17.9 Å². The molecule has 2 heterocycles. The Morgan fingerprint density at radius 3 is 2.81 bits per heavy atom. The highest BCUT2D eigenvalue weighted by molar-refractivity contribution is 5.77. The Labute approximate surface area is 91.6 Å². The van der Waals surface area contributed by atoms with Crippen LogP contribution < -0.4 is 5.32 Å². The molecule has 0 spiro atoms. The van der Waals surface area contributed by atoms with Gasteiger partial charge in [0.2, 0.25) is 5.91 Å². The zero-order chi connectivity index (χ0) is 11.9. The summed E-state index contributed by atoms with van der Waals surface area (Å²) in [7, 11) is 0. The van der Waals surface area contributed by atoms with Crippen molar-refractivity contribution in [3.05, 3.63) is 21.4 Å². The minimum atomic E-state index is -0.495. The molecule has 0 saturated heterocycles. The van der Waals surface area contributed by atoms with Gasteiger partial charge in [-0.2, -0.15) is 4.68 Å². The van der Waals surface area contributed by atoms with E-state index in [9.17, 15) is 14.9 Å². The molecule has 16 heavy (non-hydrogen) atoms. The Morgan fingerprint density at radius 2 is 2.25 bits per heavy atom. The van der Waals surface area contributed by atoms with Crippen molar-refractivity contribution < 1.29 is 9.72 Å². The van der Waals surface area contributed by atoms with Crippen molar-refractivity contribution in [1.29, 1.82) is 0 Å². The average molecular weight is 224 g/mol. The van der Waals surface area contributed by atoms with Gasteiger partial charge in [-0.25, -0.2) is 0 Å². The van der Waals surface area contributed by atoms with Crippen LogP contribution in [0.15, 0.2) is 0 Å². The van der Waals surface area contributed by atoms with Crippen LogP contribution in [0.4, 0.5) is 5.82 Å². The third-order valence-electron chi connectivity index (χ3n) is 2.58.